The summed E-state index contributed by atoms with van der Waals surface area (Å²) in [6.45, 7) is 35.8. The van der Waals surface area contributed by atoms with Crippen molar-refractivity contribution in [3.05, 3.63) is 98.1 Å². The highest BCUT2D eigenvalue weighted by atomic mass is 16.5. The van der Waals surface area contributed by atoms with Crippen molar-refractivity contribution in [2.75, 3.05) is 24.5 Å². The molecule has 0 bridgehead atoms. The van der Waals surface area contributed by atoms with Gasteiger partial charge in [0.05, 0.1) is 6.42 Å². The van der Waals surface area contributed by atoms with Gasteiger partial charge in [-0.2, -0.15) is 0 Å². The van der Waals surface area contributed by atoms with Gasteiger partial charge in [-0.15, -0.1) is 0 Å². The first-order chi connectivity index (χ1) is 25.0. The van der Waals surface area contributed by atoms with Crippen LogP contribution in [0.3, 0.4) is 0 Å². The predicted molar refractivity (Wildman–Crippen MR) is 226 cm³/mol. The van der Waals surface area contributed by atoms with Crippen molar-refractivity contribution in [1.82, 2.24) is 4.58 Å². The first kappa shape index (κ1) is 43.0. The Morgan fingerprint density at radius 3 is 2.13 bits per heavy atom. The summed E-state index contributed by atoms with van der Waals surface area (Å²) in [5.41, 5.74) is 12.1. The van der Waals surface area contributed by atoms with Gasteiger partial charge >= 0.3 is 5.97 Å². The standard InChI is InChI=1S/C40H49N2O2.4C2H6/c1-8-42-34-23-33-31(22-30(34)25(2)24-39(42,4)5)36(26(3)44-35(43)20-27-14-10-9-11-15-27)32-21-28-16-12-18-41-19-13-17-29(38(28)41)37(32)40(33,6)7;4*1-2/h9-11,14-15,21-23,25-26H,8,12-13,16-20,24H2,1-7H3;4*1-2H3/q+1;;;;. The first-order valence-electron chi connectivity index (χ1n) is 21.0. The van der Waals surface area contributed by atoms with E-state index in [1.165, 1.54) is 68.1 Å². The zero-order chi connectivity index (χ0) is 39.0. The summed E-state index contributed by atoms with van der Waals surface area (Å²) in [5, 5.41) is 2.82. The fourth-order valence-electron chi connectivity index (χ4n) is 9.43. The zero-order valence-electron chi connectivity index (χ0n) is 35.8. The van der Waals surface area contributed by atoms with Crippen LogP contribution in [-0.4, -0.2) is 37.2 Å². The van der Waals surface area contributed by atoms with Crippen LogP contribution in [0.5, 0.6) is 0 Å². The molecule has 7 rings (SSSR count). The molecule has 2 atom stereocenters. The highest BCUT2D eigenvalue weighted by Gasteiger charge is 2.43. The van der Waals surface area contributed by atoms with E-state index in [-0.39, 0.29) is 29.4 Å². The van der Waals surface area contributed by atoms with Crippen LogP contribution in [0.15, 0.2) is 48.5 Å². The SMILES string of the molecule is CC.CC.CC.CC.CCN1c2cc3c(cc2C(C)CC1(C)C)C(C(C)OC(=O)Cc1ccccc1)=c1cc2c4c(c1C3(C)C)CCC[N+]=4CCC2. The zero-order valence-corrected chi connectivity index (χ0v) is 35.8. The monoisotopic (exact) mass is 710 g/mol. The molecule has 3 aliphatic heterocycles. The Balaban J connectivity index is 0.000000855. The molecule has 4 aliphatic rings. The van der Waals surface area contributed by atoms with E-state index in [1.807, 2.05) is 85.7 Å². The molecule has 0 N–H and O–H groups in total. The molecule has 3 aromatic carbocycles. The van der Waals surface area contributed by atoms with Crippen LogP contribution in [0.4, 0.5) is 5.69 Å². The summed E-state index contributed by atoms with van der Waals surface area (Å²) >= 11 is 0. The Morgan fingerprint density at radius 1 is 0.904 bits per heavy atom. The number of benzene rings is 3. The van der Waals surface area contributed by atoms with E-state index in [9.17, 15) is 4.79 Å². The summed E-state index contributed by atoms with van der Waals surface area (Å²) in [6, 6.07) is 17.5. The molecule has 0 amide bonds. The number of anilines is 1. The Labute approximate surface area is 318 Å². The van der Waals surface area contributed by atoms with E-state index in [4.69, 9.17) is 4.74 Å². The molecule has 286 valence electrons. The summed E-state index contributed by atoms with van der Waals surface area (Å²) in [5.74, 6) is 0.285. The van der Waals surface area contributed by atoms with Gasteiger partial charge in [0.25, 0.3) is 0 Å². The van der Waals surface area contributed by atoms with Crippen LogP contribution >= 0.6 is 0 Å². The third-order valence-corrected chi connectivity index (χ3v) is 11.2. The van der Waals surface area contributed by atoms with Gasteiger partial charge in [0, 0.05) is 52.7 Å². The van der Waals surface area contributed by atoms with E-state index < -0.39 is 0 Å². The van der Waals surface area contributed by atoms with E-state index in [0.717, 1.165) is 44.5 Å². The number of fused-ring (bicyclic) bond motifs is 4. The van der Waals surface area contributed by atoms with Crippen molar-refractivity contribution in [1.29, 1.82) is 0 Å². The van der Waals surface area contributed by atoms with Gasteiger partial charge in [-0.05, 0) is 104 Å². The van der Waals surface area contributed by atoms with Crippen LogP contribution in [0.1, 0.15) is 168 Å². The topological polar surface area (TPSA) is 32.5 Å². The molecule has 0 saturated carbocycles. The number of hydrogen-bond acceptors (Lipinski definition) is 3. The van der Waals surface area contributed by atoms with Gasteiger partial charge < -0.3 is 9.64 Å². The van der Waals surface area contributed by atoms with E-state index in [1.54, 1.807) is 0 Å². The number of hydrogen-bond donors (Lipinski definition) is 0. The molecule has 0 radical (unpaired) electrons. The average Bonchev–Trinajstić information content (AvgIpc) is 3.15. The van der Waals surface area contributed by atoms with Gasteiger partial charge in [0.1, 0.15) is 19.2 Å². The van der Waals surface area contributed by atoms with Crippen molar-refractivity contribution in [2.24, 2.45) is 0 Å². The third kappa shape index (κ3) is 8.07. The minimum Gasteiger partial charge on any atom is -0.457 e. The molecule has 0 aromatic heterocycles. The van der Waals surface area contributed by atoms with Crippen LogP contribution in [0, 0.1) is 0 Å². The molecule has 4 heteroatoms. The molecule has 52 heavy (non-hydrogen) atoms. The highest BCUT2D eigenvalue weighted by Crippen LogP contribution is 2.49. The van der Waals surface area contributed by atoms with Crippen molar-refractivity contribution in [3.8, 4) is 0 Å². The summed E-state index contributed by atoms with van der Waals surface area (Å²) in [4.78, 5) is 16.0. The predicted octanol–water partition coefficient (Wildman–Crippen LogP) is 10.3. The number of ether oxygens (including phenoxy) is 1. The lowest BCUT2D eigenvalue weighted by atomic mass is 9.65. The molecule has 0 fully saturated rings. The normalized spacial score (nSPS) is 18.7. The minimum absolute atomic E-state index is 0.102. The molecule has 1 aliphatic carbocycles. The summed E-state index contributed by atoms with van der Waals surface area (Å²) < 4.78 is 9.03. The number of rotatable bonds is 5. The van der Waals surface area contributed by atoms with Crippen molar-refractivity contribution in [2.45, 2.75) is 165 Å². The van der Waals surface area contributed by atoms with E-state index in [0.29, 0.717) is 5.92 Å². The second-order valence-corrected chi connectivity index (χ2v) is 14.9. The molecule has 3 heterocycles. The number of carbonyl (C=O) groups excluding carboxylic acids is 1. The molecular weight excluding hydrogens is 637 g/mol. The second kappa shape index (κ2) is 18.6. The molecule has 0 saturated heterocycles. The lowest BCUT2D eigenvalue weighted by Crippen LogP contribution is -2.50. The molecular formula is C48H73N2O2+. The van der Waals surface area contributed by atoms with Crippen molar-refractivity contribution in [3.63, 3.8) is 0 Å². The number of nitrogens with zero attached hydrogens (tertiary/aromatic N) is 2. The molecule has 4 nitrogen and oxygen atoms in total. The Bertz CT molecular complexity index is 1780. The van der Waals surface area contributed by atoms with Gasteiger partial charge in [0.15, 0.2) is 0 Å². The maximum atomic E-state index is 13.4. The van der Waals surface area contributed by atoms with Gasteiger partial charge in [-0.1, -0.05) is 106 Å². The summed E-state index contributed by atoms with van der Waals surface area (Å²) in [7, 11) is 0. The van der Waals surface area contributed by atoms with Crippen LogP contribution < -0.4 is 20.1 Å². The van der Waals surface area contributed by atoms with Crippen LogP contribution in [0.25, 0.3) is 5.57 Å². The van der Waals surface area contributed by atoms with Crippen LogP contribution in [0.2, 0.25) is 0 Å². The first-order valence-corrected chi connectivity index (χ1v) is 21.0. The molecule has 0 spiro atoms. The van der Waals surface area contributed by atoms with Gasteiger partial charge in [0.2, 0.25) is 5.36 Å². The lowest BCUT2D eigenvalue weighted by molar-refractivity contribution is -0.144. The van der Waals surface area contributed by atoms with Crippen LogP contribution in [-0.2, 0) is 34.2 Å². The summed E-state index contributed by atoms with van der Waals surface area (Å²) in [6.07, 6.45) is 5.69. The Hall–Kier alpha value is -3.40. The average molecular weight is 710 g/mol. The minimum atomic E-state index is -0.357. The fraction of sp³-hybridized carbons (Fsp3) is 0.583. The maximum absolute atomic E-state index is 13.4. The van der Waals surface area contributed by atoms with Gasteiger partial charge in [-0.25, -0.2) is 4.58 Å². The quantitative estimate of drug-likeness (QED) is 0.195. The van der Waals surface area contributed by atoms with E-state index in [2.05, 4.69) is 76.1 Å². The smallest absolute Gasteiger partial charge is 0.310 e. The van der Waals surface area contributed by atoms with Crippen molar-refractivity contribution < 1.29 is 9.53 Å². The second-order valence-electron chi connectivity index (χ2n) is 14.9. The van der Waals surface area contributed by atoms with E-state index >= 15 is 0 Å². The lowest BCUT2D eigenvalue weighted by Gasteiger charge is -2.48. The number of aryl methyl sites for hydroxylation is 1. The Morgan fingerprint density at radius 2 is 1.52 bits per heavy atom. The molecule has 2 unspecified atom stereocenters. The van der Waals surface area contributed by atoms with Gasteiger partial charge in [-0.3, -0.25) is 4.79 Å². The Kier molecular flexibility index (Phi) is 15.4. The molecule has 3 aromatic rings. The largest absolute Gasteiger partial charge is 0.457 e. The third-order valence-electron chi connectivity index (χ3n) is 11.2. The van der Waals surface area contributed by atoms with Crippen molar-refractivity contribution >= 4 is 17.2 Å². The highest BCUT2D eigenvalue weighted by molar-refractivity contribution is 5.83. The number of esters is 1. The fourth-order valence-corrected chi connectivity index (χ4v) is 9.43. The number of carbonyl (C=O) groups is 1. The maximum Gasteiger partial charge on any atom is 0.310 e.